The van der Waals surface area contributed by atoms with Crippen molar-refractivity contribution >= 4 is 5.91 Å². The zero-order chi connectivity index (χ0) is 14.8. The molecule has 1 fully saturated rings. The van der Waals surface area contributed by atoms with Crippen LogP contribution in [0.1, 0.15) is 29.8 Å². The summed E-state index contributed by atoms with van der Waals surface area (Å²) in [6, 6.07) is 5.79. The van der Waals surface area contributed by atoms with Crippen LogP contribution in [0.25, 0.3) is 5.82 Å². The minimum Gasteiger partial charge on any atom is -0.356 e. The molecule has 0 aliphatic heterocycles. The molecule has 2 aromatic rings. The Bertz CT molecular complexity index is 644. The predicted molar refractivity (Wildman–Crippen MR) is 80.3 cm³/mol. The number of nitrogens with one attached hydrogen (secondary N) is 1. The van der Waals surface area contributed by atoms with Gasteiger partial charge in [-0.2, -0.15) is 5.10 Å². The third kappa shape index (κ3) is 2.96. The van der Waals surface area contributed by atoms with Crippen LogP contribution in [0.4, 0.5) is 0 Å². The molecule has 3 rings (SSSR count). The van der Waals surface area contributed by atoms with E-state index in [0.29, 0.717) is 6.54 Å². The Morgan fingerprint density at radius 2 is 2.19 bits per heavy atom. The lowest BCUT2D eigenvalue weighted by molar-refractivity contribution is -0.122. The molecule has 5 nitrogen and oxygen atoms in total. The van der Waals surface area contributed by atoms with Gasteiger partial charge in [0.15, 0.2) is 5.82 Å². The molecule has 2 heterocycles. The zero-order valence-corrected chi connectivity index (χ0v) is 12.5. The molecule has 1 aliphatic carbocycles. The lowest BCUT2D eigenvalue weighted by Crippen LogP contribution is -2.27. The van der Waals surface area contributed by atoms with E-state index in [2.05, 4.69) is 15.4 Å². The molecule has 2 aromatic heterocycles. The van der Waals surface area contributed by atoms with Crippen LogP contribution in [0.2, 0.25) is 0 Å². The molecular formula is C16H20N4O. The van der Waals surface area contributed by atoms with Crippen molar-refractivity contribution in [3.8, 4) is 5.82 Å². The molecule has 21 heavy (non-hydrogen) atoms. The number of nitrogens with zero attached hydrogens (tertiary/aromatic N) is 3. The normalized spacial score (nSPS) is 14.2. The van der Waals surface area contributed by atoms with Crippen LogP contribution in [0, 0.1) is 19.8 Å². The number of rotatable bonds is 5. The molecule has 1 N–H and O–H groups in total. The summed E-state index contributed by atoms with van der Waals surface area (Å²) >= 11 is 0. The van der Waals surface area contributed by atoms with E-state index >= 15 is 0 Å². The van der Waals surface area contributed by atoms with E-state index in [4.69, 9.17) is 0 Å². The number of pyridine rings is 1. The zero-order valence-electron chi connectivity index (χ0n) is 12.5. The molecule has 0 saturated heterocycles. The second-order valence-electron chi connectivity index (χ2n) is 5.56. The van der Waals surface area contributed by atoms with Gasteiger partial charge in [-0.25, -0.2) is 9.67 Å². The fourth-order valence-electron chi connectivity index (χ4n) is 2.54. The molecule has 1 amide bonds. The molecule has 1 aliphatic rings. The average Bonchev–Trinajstić information content (AvgIpc) is 3.30. The molecular weight excluding hydrogens is 264 g/mol. The van der Waals surface area contributed by atoms with Crippen LogP contribution in [0.5, 0.6) is 0 Å². The third-order valence-corrected chi connectivity index (χ3v) is 3.93. The molecule has 0 aromatic carbocycles. The Balaban J connectivity index is 1.70. The summed E-state index contributed by atoms with van der Waals surface area (Å²) in [5, 5.41) is 7.57. The van der Waals surface area contributed by atoms with E-state index in [-0.39, 0.29) is 11.8 Å². The number of hydrogen-bond donors (Lipinski definition) is 1. The van der Waals surface area contributed by atoms with Gasteiger partial charge in [0.2, 0.25) is 5.91 Å². The quantitative estimate of drug-likeness (QED) is 0.913. The number of aryl methyl sites for hydroxylation is 1. The summed E-state index contributed by atoms with van der Waals surface area (Å²) in [7, 11) is 0. The van der Waals surface area contributed by atoms with Gasteiger partial charge >= 0.3 is 0 Å². The second-order valence-corrected chi connectivity index (χ2v) is 5.56. The van der Waals surface area contributed by atoms with Gasteiger partial charge in [-0.3, -0.25) is 4.79 Å². The molecule has 0 bridgehead atoms. The Kier molecular flexibility index (Phi) is 3.73. The van der Waals surface area contributed by atoms with Gasteiger partial charge in [-0.15, -0.1) is 0 Å². The molecule has 110 valence electrons. The van der Waals surface area contributed by atoms with Crippen LogP contribution < -0.4 is 5.32 Å². The molecule has 0 atom stereocenters. The molecule has 0 unspecified atom stereocenters. The summed E-state index contributed by atoms with van der Waals surface area (Å²) < 4.78 is 1.87. The Labute approximate surface area is 124 Å². The summed E-state index contributed by atoms with van der Waals surface area (Å²) in [6.07, 6.45) is 4.66. The van der Waals surface area contributed by atoms with Crippen molar-refractivity contribution in [2.75, 3.05) is 6.54 Å². The largest absolute Gasteiger partial charge is 0.356 e. The van der Waals surface area contributed by atoms with Gasteiger partial charge < -0.3 is 5.32 Å². The SMILES string of the molecule is Cc1nn(-c2ccccn2)c(C)c1CCNC(=O)C1CC1. The van der Waals surface area contributed by atoms with E-state index in [1.54, 1.807) is 6.20 Å². The van der Waals surface area contributed by atoms with Crippen molar-refractivity contribution in [1.82, 2.24) is 20.1 Å². The highest BCUT2D eigenvalue weighted by Crippen LogP contribution is 2.28. The highest BCUT2D eigenvalue weighted by molar-refractivity contribution is 5.80. The maximum atomic E-state index is 11.7. The van der Waals surface area contributed by atoms with E-state index < -0.39 is 0 Å². The summed E-state index contributed by atoms with van der Waals surface area (Å²) in [6.45, 7) is 4.72. The molecule has 5 heteroatoms. The number of hydrogen-bond acceptors (Lipinski definition) is 3. The maximum Gasteiger partial charge on any atom is 0.223 e. The Morgan fingerprint density at radius 1 is 1.38 bits per heavy atom. The first-order valence-electron chi connectivity index (χ1n) is 7.41. The molecule has 0 radical (unpaired) electrons. The highest BCUT2D eigenvalue weighted by Gasteiger charge is 2.29. The number of amides is 1. The number of aromatic nitrogens is 3. The van der Waals surface area contributed by atoms with Crippen molar-refractivity contribution in [3.05, 3.63) is 41.3 Å². The fourth-order valence-corrected chi connectivity index (χ4v) is 2.54. The second kappa shape index (κ2) is 5.68. The van der Waals surface area contributed by atoms with Crippen molar-refractivity contribution in [1.29, 1.82) is 0 Å². The minimum absolute atomic E-state index is 0.197. The third-order valence-electron chi connectivity index (χ3n) is 3.93. The molecule has 1 saturated carbocycles. The van der Waals surface area contributed by atoms with Crippen LogP contribution in [-0.4, -0.2) is 27.2 Å². The van der Waals surface area contributed by atoms with E-state index in [1.807, 2.05) is 36.7 Å². The van der Waals surface area contributed by atoms with Gasteiger partial charge in [-0.05, 0) is 50.8 Å². The lowest BCUT2D eigenvalue weighted by Gasteiger charge is -2.06. The topological polar surface area (TPSA) is 59.8 Å². The Morgan fingerprint density at radius 3 is 2.86 bits per heavy atom. The standard InChI is InChI=1S/C16H20N4O/c1-11-14(8-10-18-16(21)13-6-7-13)12(2)20(19-11)15-5-3-4-9-17-15/h3-5,9,13H,6-8,10H2,1-2H3,(H,18,21). The highest BCUT2D eigenvalue weighted by atomic mass is 16.2. The van der Waals surface area contributed by atoms with Gasteiger partial charge in [0, 0.05) is 24.4 Å². The Hall–Kier alpha value is -2.17. The van der Waals surface area contributed by atoms with Crippen LogP contribution in [0.15, 0.2) is 24.4 Å². The monoisotopic (exact) mass is 284 g/mol. The summed E-state index contributed by atoms with van der Waals surface area (Å²) in [5.41, 5.74) is 3.28. The van der Waals surface area contributed by atoms with Gasteiger partial charge in [0.1, 0.15) is 0 Å². The van der Waals surface area contributed by atoms with E-state index in [1.165, 1.54) is 5.56 Å². The first kappa shape index (κ1) is 13.8. The van der Waals surface area contributed by atoms with E-state index in [9.17, 15) is 4.79 Å². The van der Waals surface area contributed by atoms with E-state index in [0.717, 1.165) is 36.5 Å². The van der Waals surface area contributed by atoms with Crippen LogP contribution in [-0.2, 0) is 11.2 Å². The predicted octanol–water partition coefficient (Wildman–Crippen LogP) is 1.95. The smallest absolute Gasteiger partial charge is 0.223 e. The summed E-state index contributed by atoms with van der Waals surface area (Å²) in [4.78, 5) is 16.0. The van der Waals surface area contributed by atoms with Crippen molar-refractivity contribution < 1.29 is 4.79 Å². The average molecular weight is 284 g/mol. The van der Waals surface area contributed by atoms with Gasteiger partial charge in [0.05, 0.1) is 5.69 Å². The van der Waals surface area contributed by atoms with Crippen molar-refractivity contribution in [3.63, 3.8) is 0 Å². The first-order valence-corrected chi connectivity index (χ1v) is 7.41. The number of carbonyl (C=O) groups is 1. The lowest BCUT2D eigenvalue weighted by atomic mass is 10.1. The molecule has 0 spiro atoms. The first-order chi connectivity index (χ1) is 10.2. The van der Waals surface area contributed by atoms with Crippen LogP contribution >= 0.6 is 0 Å². The van der Waals surface area contributed by atoms with Crippen LogP contribution in [0.3, 0.4) is 0 Å². The summed E-state index contributed by atoms with van der Waals surface area (Å²) in [5.74, 6) is 1.29. The van der Waals surface area contributed by atoms with Gasteiger partial charge in [-0.1, -0.05) is 6.07 Å². The van der Waals surface area contributed by atoms with Gasteiger partial charge in [0.25, 0.3) is 0 Å². The maximum absolute atomic E-state index is 11.7. The minimum atomic E-state index is 0.197. The van der Waals surface area contributed by atoms with Crippen molar-refractivity contribution in [2.24, 2.45) is 5.92 Å². The fraction of sp³-hybridized carbons (Fsp3) is 0.438. The van der Waals surface area contributed by atoms with Crippen molar-refractivity contribution in [2.45, 2.75) is 33.1 Å². The number of carbonyl (C=O) groups excluding carboxylic acids is 1.